The molecule has 0 bridgehead atoms. The van der Waals surface area contributed by atoms with E-state index < -0.39 is 11.9 Å². The van der Waals surface area contributed by atoms with E-state index in [0.29, 0.717) is 23.5 Å². The van der Waals surface area contributed by atoms with Crippen molar-refractivity contribution in [3.63, 3.8) is 0 Å². The molecule has 7 heteroatoms. The molecule has 26 heavy (non-hydrogen) atoms. The summed E-state index contributed by atoms with van der Waals surface area (Å²) in [6, 6.07) is 12.9. The molecule has 0 aliphatic carbocycles. The Morgan fingerprint density at radius 2 is 1.88 bits per heavy atom. The Bertz CT molecular complexity index is 772. The van der Waals surface area contributed by atoms with Gasteiger partial charge in [-0.1, -0.05) is 19.1 Å². The van der Waals surface area contributed by atoms with Crippen LogP contribution in [0, 0.1) is 0 Å². The lowest BCUT2D eigenvalue weighted by molar-refractivity contribution is -0.123. The highest BCUT2D eigenvalue weighted by molar-refractivity contribution is 5.89. The number of hydrogen-bond donors (Lipinski definition) is 2. The molecule has 0 spiro atoms. The van der Waals surface area contributed by atoms with Crippen molar-refractivity contribution in [1.29, 1.82) is 0 Å². The molecule has 7 nitrogen and oxygen atoms in total. The van der Waals surface area contributed by atoms with Crippen LogP contribution in [0.4, 0.5) is 0 Å². The van der Waals surface area contributed by atoms with Gasteiger partial charge in [-0.05, 0) is 42.8 Å². The van der Waals surface area contributed by atoms with Crippen molar-refractivity contribution in [3.05, 3.63) is 59.7 Å². The Kier molecular flexibility index (Phi) is 7.17. The lowest BCUT2D eigenvalue weighted by Gasteiger charge is -2.06. The standard InChI is InChI=1S/C19H20N2O5/c1-2-11-25-19(24)14-7-9-16(10-8-14)26-13-18(23)21-20-12-15-5-3-4-6-17(15)22/h3-10,12,22H,2,11,13H2,1H3,(H,21,23). The summed E-state index contributed by atoms with van der Waals surface area (Å²) in [6.07, 6.45) is 2.10. The quantitative estimate of drug-likeness (QED) is 0.430. The molecule has 2 rings (SSSR count). The number of hydrazone groups is 1. The fourth-order valence-electron chi connectivity index (χ4n) is 1.92. The molecule has 0 saturated carbocycles. The molecule has 0 unspecified atom stereocenters. The van der Waals surface area contributed by atoms with Gasteiger partial charge in [-0.3, -0.25) is 4.79 Å². The van der Waals surface area contributed by atoms with E-state index in [2.05, 4.69) is 10.5 Å². The second-order valence-electron chi connectivity index (χ2n) is 5.30. The van der Waals surface area contributed by atoms with E-state index in [0.717, 1.165) is 6.42 Å². The van der Waals surface area contributed by atoms with E-state index in [4.69, 9.17) is 9.47 Å². The van der Waals surface area contributed by atoms with Gasteiger partial charge in [0.25, 0.3) is 5.91 Å². The van der Waals surface area contributed by atoms with Crippen molar-refractivity contribution in [1.82, 2.24) is 5.43 Å². The summed E-state index contributed by atoms with van der Waals surface area (Å²) in [5, 5.41) is 13.3. The van der Waals surface area contributed by atoms with Gasteiger partial charge in [0, 0.05) is 5.56 Å². The van der Waals surface area contributed by atoms with Crippen LogP contribution in [-0.2, 0) is 9.53 Å². The summed E-state index contributed by atoms with van der Waals surface area (Å²) in [6.45, 7) is 2.05. The number of carbonyl (C=O) groups excluding carboxylic acids is 2. The van der Waals surface area contributed by atoms with E-state index in [1.54, 1.807) is 42.5 Å². The third-order valence-corrected chi connectivity index (χ3v) is 3.23. The van der Waals surface area contributed by atoms with E-state index in [1.807, 2.05) is 6.92 Å². The largest absolute Gasteiger partial charge is 0.507 e. The number of nitrogens with one attached hydrogen (secondary N) is 1. The molecule has 2 N–H and O–H groups in total. The molecule has 2 aromatic carbocycles. The fourth-order valence-corrected chi connectivity index (χ4v) is 1.92. The molecule has 0 fully saturated rings. The molecule has 0 aliphatic rings. The van der Waals surface area contributed by atoms with Crippen LogP contribution in [0.25, 0.3) is 0 Å². The SMILES string of the molecule is CCCOC(=O)c1ccc(OCC(=O)NN=Cc2ccccc2O)cc1. The number of benzene rings is 2. The minimum atomic E-state index is -0.455. The number of amides is 1. The van der Waals surface area contributed by atoms with E-state index in [9.17, 15) is 14.7 Å². The van der Waals surface area contributed by atoms with Crippen molar-refractivity contribution < 1.29 is 24.2 Å². The average molecular weight is 356 g/mol. The van der Waals surface area contributed by atoms with Crippen molar-refractivity contribution in [2.45, 2.75) is 13.3 Å². The first kappa shape index (κ1) is 19.0. The minimum absolute atomic E-state index is 0.0688. The molecule has 0 radical (unpaired) electrons. The van der Waals surface area contributed by atoms with Crippen LogP contribution in [-0.4, -0.2) is 36.4 Å². The highest BCUT2D eigenvalue weighted by Gasteiger charge is 2.07. The van der Waals surface area contributed by atoms with Gasteiger partial charge in [0.15, 0.2) is 6.61 Å². The zero-order valence-corrected chi connectivity index (χ0v) is 14.3. The highest BCUT2D eigenvalue weighted by atomic mass is 16.5. The normalized spacial score (nSPS) is 10.5. The number of rotatable bonds is 8. The Balaban J connectivity index is 1.78. The Labute approximate surface area is 151 Å². The minimum Gasteiger partial charge on any atom is -0.507 e. The molecule has 0 saturated heterocycles. The summed E-state index contributed by atoms with van der Waals surface area (Å²) in [5.41, 5.74) is 3.21. The zero-order chi connectivity index (χ0) is 18.8. The van der Waals surface area contributed by atoms with E-state index >= 15 is 0 Å². The number of esters is 1. The van der Waals surface area contributed by atoms with Crippen LogP contribution in [0.5, 0.6) is 11.5 Å². The summed E-state index contributed by atoms with van der Waals surface area (Å²) in [4.78, 5) is 23.4. The van der Waals surface area contributed by atoms with Crippen LogP contribution >= 0.6 is 0 Å². The summed E-state index contributed by atoms with van der Waals surface area (Å²) in [5.74, 6) is -0.339. The average Bonchev–Trinajstić information content (AvgIpc) is 2.66. The molecule has 1 amide bonds. The van der Waals surface area contributed by atoms with Gasteiger partial charge < -0.3 is 14.6 Å². The Hall–Kier alpha value is -3.35. The first-order valence-corrected chi connectivity index (χ1v) is 8.10. The Morgan fingerprint density at radius 3 is 2.58 bits per heavy atom. The Morgan fingerprint density at radius 1 is 1.15 bits per heavy atom. The number of hydrogen-bond acceptors (Lipinski definition) is 6. The fraction of sp³-hybridized carbons (Fsp3) is 0.211. The van der Waals surface area contributed by atoms with E-state index in [-0.39, 0.29) is 12.4 Å². The molecule has 0 aliphatic heterocycles. The number of phenolic OH excluding ortho intramolecular Hbond substituents is 1. The van der Waals surface area contributed by atoms with Crippen LogP contribution in [0.3, 0.4) is 0 Å². The number of aromatic hydroxyl groups is 1. The molecule has 0 atom stereocenters. The van der Waals surface area contributed by atoms with Gasteiger partial charge in [-0.25, -0.2) is 10.2 Å². The topological polar surface area (TPSA) is 97.2 Å². The monoisotopic (exact) mass is 356 g/mol. The number of phenols is 1. The van der Waals surface area contributed by atoms with E-state index in [1.165, 1.54) is 12.3 Å². The van der Waals surface area contributed by atoms with Crippen LogP contribution in [0.2, 0.25) is 0 Å². The predicted molar refractivity (Wildman–Crippen MR) is 96.4 cm³/mol. The maximum absolute atomic E-state index is 11.7. The third-order valence-electron chi connectivity index (χ3n) is 3.23. The first-order chi connectivity index (χ1) is 12.6. The highest BCUT2D eigenvalue weighted by Crippen LogP contribution is 2.13. The van der Waals surface area contributed by atoms with Crippen LogP contribution in [0.15, 0.2) is 53.6 Å². The maximum atomic E-state index is 11.7. The molecule has 136 valence electrons. The summed E-state index contributed by atoms with van der Waals surface area (Å²) < 4.78 is 10.3. The second kappa shape index (κ2) is 9.83. The molecule has 2 aromatic rings. The molecule has 0 heterocycles. The summed E-state index contributed by atoms with van der Waals surface area (Å²) in [7, 11) is 0. The lowest BCUT2D eigenvalue weighted by Crippen LogP contribution is -2.24. The molecular formula is C19H20N2O5. The second-order valence-corrected chi connectivity index (χ2v) is 5.30. The maximum Gasteiger partial charge on any atom is 0.338 e. The molecule has 0 aromatic heterocycles. The lowest BCUT2D eigenvalue weighted by atomic mass is 10.2. The third kappa shape index (κ3) is 5.94. The van der Waals surface area contributed by atoms with Gasteiger partial charge in [0.2, 0.25) is 0 Å². The van der Waals surface area contributed by atoms with Gasteiger partial charge in [-0.2, -0.15) is 5.10 Å². The van der Waals surface area contributed by atoms with Crippen molar-refractivity contribution >= 4 is 18.1 Å². The number of para-hydroxylation sites is 1. The number of carbonyl (C=O) groups is 2. The molecular weight excluding hydrogens is 336 g/mol. The number of ether oxygens (including phenoxy) is 2. The van der Waals surface area contributed by atoms with Gasteiger partial charge in [0.05, 0.1) is 18.4 Å². The van der Waals surface area contributed by atoms with Gasteiger partial charge in [-0.15, -0.1) is 0 Å². The van der Waals surface area contributed by atoms with Crippen LogP contribution < -0.4 is 10.2 Å². The van der Waals surface area contributed by atoms with Crippen LogP contribution in [0.1, 0.15) is 29.3 Å². The van der Waals surface area contributed by atoms with Gasteiger partial charge >= 0.3 is 5.97 Å². The van der Waals surface area contributed by atoms with Gasteiger partial charge in [0.1, 0.15) is 11.5 Å². The predicted octanol–water partition coefficient (Wildman–Crippen LogP) is 2.49. The summed E-state index contributed by atoms with van der Waals surface area (Å²) >= 11 is 0. The van der Waals surface area contributed by atoms with Crippen molar-refractivity contribution in [2.24, 2.45) is 5.10 Å². The smallest absolute Gasteiger partial charge is 0.338 e. The first-order valence-electron chi connectivity index (χ1n) is 8.10. The zero-order valence-electron chi connectivity index (χ0n) is 14.3. The van der Waals surface area contributed by atoms with Crippen molar-refractivity contribution in [2.75, 3.05) is 13.2 Å². The van der Waals surface area contributed by atoms with Crippen molar-refractivity contribution in [3.8, 4) is 11.5 Å². The number of nitrogens with zero attached hydrogens (tertiary/aromatic N) is 1.